The second kappa shape index (κ2) is 11.3. The van der Waals surface area contributed by atoms with Crippen LogP contribution >= 0.6 is 11.6 Å². The third kappa shape index (κ3) is 6.08. The molecule has 4 heteroatoms. The van der Waals surface area contributed by atoms with Crippen molar-refractivity contribution in [2.75, 3.05) is 4.90 Å². The molecule has 0 saturated carbocycles. The van der Waals surface area contributed by atoms with Gasteiger partial charge in [0.15, 0.2) is 0 Å². The Morgan fingerprint density at radius 2 is 1.03 bits per heavy atom. The number of anilines is 3. The van der Waals surface area contributed by atoms with Crippen LogP contribution in [0.3, 0.4) is 0 Å². The molecule has 0 bridgehead atoms. The Morgan fingerprint density at radius 3 is 1.54 bits per heavy atom. The molecule has 0 spiro atoms. The molecule has 5 rings (SSSR count). The van der Waals surface area contributed by atoms with Crippen molar-refractivity contribution in [1.82, 2.24) is 0 Å². The van der Waals surface area contributed by atoms with Crippen LogP contribution in [0.1, 0.15) is 21.5 Å². The first-order valence-electron chi connectivity index (χ1n) is 11.8. The number of esters is 1. The Kier molecular flexibility index (Phi) is 7.31. The summed E-state index contributed by atoms with van der Waals surface area (Å²) in [5.41, 5.74) is 5.38. The Hall–Kier alpha value is -4.78. The summed E-state index contributed by atoms with van der Waals surface area (Å²) in [6.45, 7) is 0. The van der Waals surface area contributed by atoms with Crippen molar-refractivity contribution in [3.05, 3.63) is 155 Å². The first kappa shape index (κ1) is 23.9. The Bertz CT molecular complexity index is 1500. The monoisotopic (exact) mass is 499 g/mol. The number of halogens is 1. The molecule has 3 nitrogen and oxygen atoms in total. The molecule has 0 aromatic heterocycles. The number of para-hydroxylation sites is 2. The van der Waals surface area contributed by atoms with Crippen LogP contribution < -0.4 is 9.64 Å². The minimum Gasteiger partial charge on any atom is -0.423 e. The van der Waals surface area contributed by atoms with Gasteiger partial charge < -0.3 is 9.64 Å². The summed E-state index contributed by atoms with van der Waals surface area (Å²) in [6, 6.07) is 42.4. The van der Waals surface area contributed by atoms with Crippen molar-refractivity contribution in [1.29, 1.82) is 0 Å². The molecule has 0 fully saturated rings. The highest BCUT2D eigenvalue weighted by atomic mass is 35.5. The van der Waals surface area contributed by atoms with Gasteiger partial charge >= 0.3 is 5.97 Å². The van der Waals surface area contributed by atoms with E-state index in [0.29, 0.717) is 16.3 Å². The predicted molar refractivity (Wildman–Crippen MR) is 150 cm³/mol. The van der Waals surface area contributed by atoms with Crippen LogP contribution in [-0.4, -0.2) is 5.97 Å². The molecule has 0 radical (unpaired) electrons. The summed E-state index contributed by atoms with van der Waals surface area (Å²) in [6.07, 6.45) is 0. The average molecular weight is 500 g/mol. The number of hydrogen-bond donors (Lipinski definition) is 0. The smallest absolute Gasteiger partial charge is 0.343 e. The molecule has 0 aliphatic carbocycles. The van der Waals surface area contributed by atoms with Crippen LogP contribution in [0.25, 0.3) is 0 Å². The fourth-order valence-electron chi connectivity index (χ4n) is 3.80. The minimum absolute atomic E-state index is 0.432. The van der Waals surface area contributed by atoms with E-state index in [2.05, 4.69) is 53.1 Å². The lowest BCUT2D eigenvalue weighted by Crippen LogP contribution is -2.09. The van der Waals surface area contributed by atoms with Crippen LogP contribution in [0.5, 0.6) is 5.75 Å². The van der Waals surface area contributed by atoms with Crippen molar-refractivity contribution < 1.29 is 9.53 Å². The fraction of sp³-hybridized carbons (Fsp3) is 0. The molecule has 0 amide bonds. The molecule has 0 unspecified atom stereocenters. The molecule has 0 N–H and O–H groups in total. The van der Waals surface area contributed by atoms with E-state index in [-0.39, 0.29) is 0 Å². The normalized spacial score (nSPS) is 10.2. The van der Waals surface area contributed by atoms with Gasteiger partial charge in [0.2, 0.25) is 0 Å². The van der Waals surface area contributed by atoms with Gasteiger partial charge in [0, 0.05) is 33.2 Å². The van der Waals surface area contributed by atoms with Crippen molar-refractivity contribution in [2.45, 2.75) is 0 Å². The Labute approximate surface area is 221 Å². The highest BCUT2D eigenvalue weighted by Crippen LogP contribution is 2.34. The molecule has 0 atom stereocenters. The molecule has 178 valence electrons. The predicted octanol–water partition coefficient (Wildman–Crippen LogP) is 8.43. The standard InChI is InChI=1S/C33H22ClNO2/c34-28-19-23-32(24-20-28)37-33(36)27-17-13-25(14-18-27)11-12-26-15-21-31(22-16-26)35(29-7-3-1-4-8-29)30-9-5-2-6-10-30/h1-10,13-24H. The van der Waals surface area contributed by atoms with E-state index in [4.69, 9.17) is 16.3 Å². The van der Waals surface area contributed by atoms with E-state index in [1.165, 1.54) is 0 Å². The van der Waals surface area contributed by atoms with Crippen LogP contribution in [0.2, 0.25) is 5.02 Å². The zero-order valence-corrected chi connectivity index (χ0v) is 20.6. The topological polar surface area (TPSA) is 29.5 Å². The zero-order valence-electron chi connectivity index (χ0n) is 19.8. The summed E-state index contributed by atoms with van der Waals surface area (Å²) >= 11 is 5.87. The number of hydrogen-bond acceptors (Lipinski definition) is 3. The molecule has 0 aliphatic rings. The van der Waals surface area contributed by atoms with Gasteiger partial charge in [-0.05, 0) is 97.1 Å². The highest BCUT2D eigenvalue weighted by molar-refractivity contribution is 6.30. The van der Waals surface area contributed by atoms with E-state index < -0.39 is 5.97 Å². The first-order chi connectivity index (χ1) is 18.2. The SMILES string of the molecule is O=C(Oc1ccc(Cl)cc1)c1ccc(C#Cc2ccc(N(c3ccccc3)c3ccccc3)cc2)cc1. The van der Waals surface area contributed by atoms with Gasteiger partial charge in [-0.25, -0.2) is 4.79 Å². The first-order valence-corrected chi connectivity index (χ1v) is 12.1. The second-order valence-electron chi connectivity index (χ2n) is 8.22. The maximum atomic E-state index is 12.4. The average Bonchev–Trinajstić information content (AvgIpc) is 2.95. The summed E-state index contributed by atoms with van der Waals surface area (Å²) in [5.74, 6) is 6.38. The summed E-state index contributed by atoms with van der Waals surface area (Å²) in [5, 5.41) is 0.585. The Balaban J connectivity index is 1.30. The van der Waals surface area contributed by atoms with Crippen LogP contribution in [-0.2, 0) is 0 Å². The van der Waals surface area contributed by atoms with E-state index in [1.54, 1.807) is 36.4 Å². The lowest BCUT2D eigenvalue weighted by Gasteiger charge is -2.25. The molecular weight excluding hydrogens is 478 g/mol. The quantitative estimate of drug-likeness (QED) is 0.138. The Morgan fingerprint density at radius 1 is 0.568 bits per heavy atom. The third-order valence-electron chi connectivity index (χ3n) is 5.65. The van der Waals surface area contributed by atoms with Gasteiger partial charge in [0.05, 0.1) is 5.56 Å². The summed E-state index contributed by atoms with van der Waals surface area (Å²) < 4.78 is 5.38. The van der Waals surface area contributed by atoms with Crippen LogP contribution in [0.4, 0.5) is 17.1 Å². The molecule has 0 heterocycles. The maximum Gasteiger partial charge on any atom is 0.343 e. The van der Waals surface area contributed by atoms with Gasteiger partial charge in [-0.1, -0.05) is 59.8 Å². The van der Waals surface area contributed by atoms with Crippen LogP contribution in [0, 0.1) is 11.8 Å². The van der Waals surface area contributed by atoms with Crippen molar-refractivity contribution in [2.24, 2.45) is 0 Å². The molecular formula is C33H22ClNO2. The van der Waals surface area contributed by atoms with E-state index >= 15 is 0 Å². The van der Waals surface area contributed by atoms with E-state index in [1.807, 2.05) is 60.7 Å². The van der Waals surface area contributed by atoms with Gasteiger partial charge in [-0.2, -0.15) is 0 Å². The molecule has 37 heavy (non-hydrogen) atoms. The number of benzene rings is 5. The molecule has 0 aliphatic heterocycles. The number of rotatable bonds is 5. The van der Waals surface area contributed by atoms with Crippen LogP contribution in [0.15, 0.2) is 133 Å². The summed E-state index contributed by atoms with van der Waals surface area (Å²) in [7, 11) is 0. The number of carbonyl (C=O) groups is 1. The van der Waals surface area contributed by atoms with Gasteiger partial charge in [-0.15, -0.1) is 0 Å². The number of carbonyl (C=O) groups excluding carboxylic acids is 1. The fourth-order valence-corrected chi connectivity index (χ4v) is 3.92. The number of ether oxygens (including phenoxy) is 1. The lowest BCUT2D eigenvalue weighted by atomic mass is 10.1. The number of nitrogens with zero attached hydrogens (tertiary/aromatic N) is 1. The largest absolute Gasteiger partial charge is 0.423 e. The van der Waals surface area contributed by atoms with Crippen molar-refractivity contribution in [3.63, 3.8) is 0 Å². The zero-order chi connectivity index (χ0) is 25.5. The van der Waals surface area contributed by atoms with Crippen molar-refractivity contribution >= 4 is 34.6 Å². The molecule has 5 aromatic carbocycles. The minimum atomic E-state index is -0.432. The lowest BCUT2D eigenvalue weighted by molar-refractivity contribution is 0.0735. The van der Waals surface area contributed by atoms with Gasteiger partial charge in [0.25, 0.3) is 0 Å². The van der Waals surface area contributed by atoms with E-state index in [0.717, 1.165) is 28.2 Å². The van der Waals surface area contributed by atoms with Gasteiger partial charge in [-0.3, -0.25) is 0 Å². The van der Waals surface area contributed by atoms with Crippen molar-refractivity contribution in [3.8, 4) is 17.6 Å². The van der Waals surface area contributed by atoms with Gasteiger partial charge in [0.1, 0.15) is 5.75 Å². The molecule has 0 saturated heterocycles. The third-order valence-corrected chi connectivity index (χ3v) is 5.90. The second-order valence-corrected chi connectivity index (χ2v) is 8.66. The summed E-state index contributed by atoms with van der Waals surface area (Å²) in [4.78, 5) is 14.6. The van der Waals surface area contributed by atoms with E-state index in [9.17, 15) is 4.79 Å². The molecule has 5 aromatic rings. The highest BCUT2D eigenvalue weighted by Gasteiger charge is 2.11. The maximum absolute atomic E-state index is 12.4.